The van der Waals surface area contributed by atoms with Gasteiger partial charge in [-0.25, -0.2) is 0 Å². The Morgan fingerprint density at radius 2 is 1.68 bits per heavy atom. The normalized spacial score (nSPS) is 12.7. The Bertz CT molecular complexity index is 967. The molecule has 0 aliphatic heterocycles. The Morgan fingerprint density at radius 3 is 2.39 bits per heavy atom. The standard InChI is InChI=1S/C21H20N2O5/c1-12(20(27)22-11-5-10-17(24)25)23-21(28)16-9-4-8-15-18(16)13-6-2-3-7-14(13)19(15)26/h2-4,6-9,12H,5,10-11H2,1H3,(H,22,27)(H,23,28)(H,24,25). The average molecular weight is 380 g/mol. The first kappa shape index (κ1) is 19.3. The minimum absolute atomic E-state index is 0.0371. The van der Waals surface area contributed by atoms with Gasteiger partial charge in [0.05, 0.1) is 0 Å². The molecule has 7 nitrogen and oxygen atoms in total. The van der Waals surface area contributed by atoms with Crippen molar-refractivity contribution >= 4 is 23.6 Å². The van der Waals surface area contributed by atoms with Crippen LogP contribution in [-0.2, 0) is 9.59 Å². The lowest BCUT2D eigenvalue weighted by Crippen LogP contribution is -2.45. The zero-order valence-corrected chi connectivity index (χ0v) is 15.3. The molecule has 0 bridgehead atoms. The van der Waals surface area contributed by atoms with E-state index in [-0.39, 0.29) is 18.7 Å². The lowest BCUT2D eigenvalue weighted by Gasteiger charge is -2.15. The molecule has 1 unspecified atom stereocenters. The van der Waals surface area contributed by atoms with E-state index in [1.54, 1.807) is 43.3 Å². The number of fused-ring (bicyclic) bond motifs is 3. The summed E-state index contributed by atoms with van der Waals surface area (Å²) in [5.74, 6) is -1.90. The number of amides is 2. The Balaban J connectivity index is 1.72. The van der Waals surface area contributed by atoms with Gasteiger partial charge < -0.3 is 15.7 Å². The molecule has 28 heavy (non-hydrogen) atoms. The summed E-state index contributed by atoms with van der Waals surface area (Å²) in [6, 6.07) is 11.3. The van der Waals surface area contributed by atoms with Crippen molar-refractivity contribution in [3.8, 4) is 11.1 Å². The first-order chi connectivity index (χ1) is 13.4. The molecule has 3 rings (SSSR count). The van der Waals surface area contributed by atoms with E-state index >= 15 is 0 Å². The van der Waals surface area contributed by atoms with Gasteiger partial charge in [-0.15, -0.1) is 0 Å². The maximum atomic E-state index is 12.8. The number of hydrogen-bond donors (Lipinski definition) is 3. The first-order valence-corrected chi connectivity index (χ1v) is 8.97. The Labute approximate surface area is 161 Å². The number of carbonyl (C=O) groups is 4. The predicted molar refractivity (Wildman–Crippen MR) is 102 cm³/mol. The summed E-state index contributed by atoms with van der Waals surface area (Å²) < 4.78 is 0. The van der Waals surface area contributed by atoms with Gasteiger partial charge in [0.1, 0.15) is 6.04 Å². The molecule has 0 aromatic heterocycles. The van der Waals surface area contributed by atoms with Crippen LogP contribution in [0.15, 0.2) is 42.5 Å². The summed E-state index contributed by atoms with van der Waals surface area (Å²) in [4.78, 5) is 47.9. The fourth-order valence-corrected chi connectivity index (χ4v) is 3.21. The maximum Gasteiger partial charge on any atom is 0.303 e. The molecule has 0 spiro atoms. The zero-order valence-electron chi connectivity index (χ0n) is 15.3. The predicted octanol–water partition coefficient (Wildman–Crippen LogP) is 2.00. The second kappa shape index (κ2) is 8.04. The molecule has 2 aromatic carbocycles. The van der Waals surface area contributed by atoms with Gasteiger partial charge >= 0.3 is 5.97 Å². The Hall–Kier alpha value is -3.48. The van der Waals surface area contributed by atoms with Crippen molar-refractivity contribution in [2.75, 3.05) is 6.54 Å². The number of carbonyl (C=O) groups excluding carboxylic acids is 3. The summed E-state index contributed by atoms with van der Waals surface area (Å²) >= 11 is 0. The lowest BCUT2D eigenvalue weighted by atomic mass is 9.98. The van der Waals surface area contributed by atoms with Crippen molar-refractivity contribution in [3.63, 3.8) is 0 Å². The second-order valence-electron chi connectivity index (χ2n) is 6.59. The van der Waals surface area contributed by atoms with Gasteiger partial charge in [-0.2, -0.15) is 0 Å². The van der Waals surface area contributed by atoms with E-state index in [9.17, 15) is 19.2 Å². The van der Waals surface area contributed by atoms with E-state index in [0.29, 0.717) is 34.2 Å². The third-order valence-corrected chi connectivity index (χ3v) is 4.60. The van der Waals surface area contributed by atoms with Gasteiger partial charge in [0.25, 0.3) is 5.91 Å². The maximum absolute atomic E-state index is 12.8. The van der Waals surface area contributed by atoms with E-state index in [4.69, 9.17) is 5.11 Å². The van der Waals surface area contributed by atoms with Gasteiger partial charge in [0.2, 0.25) is 5.91 Å². The highest BCUT2D eigenvalue weighted by atomic mass is 16.4. The average Bonchev–Trinajstić information content (AvgIpc) is 2.98. The Kier molecular flexibility index (Phi) is 5.54. The van der Waals surface area contributed by atoms with Crippen molar-refractivity contribution in [2.45, 2.75) is 25.8 Å². The van der Waals surface area contributed by atoms with Crippen LogP contribution in [0.2, 0.25) is 0 Å². The van der Waals surface area contributed by atoms with Gasteiger partial charge in [0, 0.05) is 35.2 Å². The van der Waals surface area contributed by atoms with Crippen LogP contribution in [0, 0.1) is 0 Å². The molecule has 2 aromatic rings. The Morgan fingerprint density at radius 1 is 1.00 bits per heavy atom. The molecule has 144 valence electrons. The van der Waals surface area contributed by atoms with E-state index < -0.39 is 23.8 Å². The van der Waals surface area contributed by atoms with Crippen molar-refractivity contribution in [1.29, 1.82) is 0 Å². The smallest absolute Gasteiger partial charge is 0.303 e. The van der Waals surface area contributed by atoms with Crippen LogP contribution in [0.4, 0.5) is 0 Å². The van der Waals surface area contributed by atoms with Gasteiger partial charge in [-0.3, -0.25) is 19.2 Å². The molecule has 0 heterocycles. The van der Waals surface area contributed by atoms with Crippen molar-refractivity contribution < 1.29 is 24.3 Å². The third kappa shape index (κ3) is 3.78. The van der Waals surface area contributed by atoms with Gasteiger partial charge in [-0.05, 0) is 25.0 Å². The largest absolute Gasteiger partial charge is 0.481 e. The van der Waals surface area contributed by atoms with Crippen LogP contribution in [0.5, 0.6) is 0 Å². The topological polar surface area (TPSA) is 113 Å². The monoisotopic (exact) mass is 380 g/mol. The number of nitrogens with one attached hydrogen (secondary N) is 2. The van der Waals surface area contributed by atoms with Crippen LogP contribution >= 0.6 is 0 Å². The van der Waals surface area contributed by atoms with Crippen LogP contribution < -0.4 is 10.6 Å². The molecule has 2 amide bonds. The van der Waals surface area contributed by atoms with Crippen LogP contribution in [0.25, 0.3) is 11.1 Å². The summed E-state index contributed by atoms with van der Waals surface area (Å²) in [7, 11) is 0. The van der Waals surface area contributed by atoms with Crippen molar-refractivity contribution in [3.05, 3.63) is 59.2 Å². The SMILES string of the molecule is CC(NC(=O)c1cccc2c1-c1ccccc1C2=O)C(=O)NCCCC(=O)O. The molecule has 0 fully saturated rings. The highest BCUT2D eigenvalue weighted by Gasteiger charge is 2.30. The second-order valence-corrected chi connectivity index (χ2v) is 6.59. The molecular weight excluding hydrogens is 360 g/mol. The molecule has 1 aliphatic rings. The highest BCUT2D eigenvalue weighted by Crippen LogP contribution is 2.38. The van der Waals surface area contributed by atoms with E-state index in [0.717, 1.165) is 0 Å². The lowest BCUT2D eigenvalue weighted by molar-refractivity contribution is -0.137. The summed E-state index contributed by atoms with van der Waals surface area (Å²) in [5.41, 5.74) is 2.65. The molecule has 0 saturated heterocycles. The van der Waals surface area contributed by atoms with Crippen molar-refractivity contribution in [1.82, 2.24) is 10.6 Å². The molecule has 1 atom stereocenters. The summed E-state index contributed by atoms with van der Waals surface area (Å²) in [5, 5.41) is 13.8. The number of aliphatic carboxylic acids is 1. The molecule has 3 N–H and O–H groups in total. The number of hydrogen-bond acceptors (Lipinski definition) is 4. The number of carboxylic acids is 1. The van der Waals surface area contributed by atoms with Crippen molar-refractivity contribution in [2.24, 2.45) is 0 Å². The number of rotatable bonds is 7. The fraction of sp³-hybridized carbons (Fsp3) is 0.238. The summed E-state index contributed by atoms with van der Waals surface area (Å²) in [6.07, 6.45) is 0.275. The number of ketones is 1. The minimum Gasteiger partial charge on any atom is -0.481 e. The third-order valence-electron chi connectivity index (χ3n) is 4.60. The van der Waals surface area contributed by atoms with Gasteiger partial charge in [-0.1, -0.05) is 36.4 Å². The van der Waals surface area contributed by atoms with Gasteiger partial charge in [0.15, 0.2) is 5.78 Å². The van der Waals surface area contributed by atoms with E-state index in [2.05, 4.69) is 10.6 Å². The number of benzene rings is 2. The molecule has 0 saturated carbocycles. The first-order valence-electron chi connectivity index (χ1n) is 8.97. The fourth-order valence-electron chi connectivity index (χ4n) is 3.21. The molecular formula is C21H20N2O5. The molecule has 0 radical (unpaired) electrons. The number of carboxylic acid groups (broad SMARTS) is 1. The molecule has 1 aliphatic carbocycles. The quantitative estimate of drug-likeness (QED) is 0.543. The van der Waals surface area contributed by atoms with Crippen LogP contribution in [-0.4, -0.2) is 41.3 Å². The molecule has 7 heteroatoms. The van der Waals surface area contributed by atoms with Crippen LogP contribution in [0.1, 0.15) is 46.0 Å². The van der Waals surface area contributed by atoms with E-state index in [1.807, 2.05) is 6.07 Å². The van der Waals surface area contributed by atoms with E-state index in [1.165, 1.54) is 0 Å². The van der Waals surface area contributed by atoms with Crippen LogP contribution in [0.3, 0.4) is 0 Å². The summed E-state index contributed by atoms with van der Waals surface area (Å²) in [6.45, 7) is 1.76. The highest BCUT2D eigenvalue weighted by molar-refractivity contribution is 6.24. The minimum atomic E-state index is -0.927. The zero-order chi connectivity index (χ0) is 20.3.